The molecule has 0 saturated heterocycles. The topological polar surface area (TPSA) is 38.7 Å². The lowest BCUT2D eigenvalue weighted by molar-refractivity contribution is -0.0440. The molecule has 0 radical (unpaired) electrons. The van der Waals surface area contributed by atoms with E-state index in [1.165, 1.54) is 0 Å². The fourth-order valence-electron chi connectivity index (χ4n) is 2.79. The van der Waals surface area contributed by atoms with Crippen LogP contribution in [0.15, 0.2) is 0 Å². The zero-order valence-corrected chi connectivity index (χ0v) is 10.7. The summed E-state index contributed by atoms with van der Waals surface area (Å²) in [5.74, 6) is 3.09. The van der Waals surface area contributed by atoms with Gasteiger partial charge in [-0.1, -0.05) is 5.92 Å². The second kappa shape index (κ2) is 3.58. The van der Waals surface area contributed by atoms with E-state index in [1.54, 1.807) is 0 Å². The molecule has 0 fully saturated rings. The van der Waals surface area contributed by atoms with Crippen molar-refractivity contribution < 1.29 is 14.6 Å². The van der Waals surface area contributed by atoms with Gasteiger partial charge >= 0.3 is 0 Å². The molecular weight excluding hydrogens is 228 g/mol. The lowest BCUT2D eigenvalue weighted by Crippen LogP contribution is -2.29. The summed E-state index contributed by atoms with van der Waals surface area (Å²) >= 11 is 0. The summed E-state index contributed by atoms with van der Waals surface area (Å²) in [4.78, 5) is 0. The maximum Gasteiger partial charge on any atom is 0.246 e. The van der Waals surface area contributed by atoms with Gasteiger partial charge in [0.2, 0.25) is 11.5 Å². The van der Waals surface area contributed by atoms with Crippen molar-refractivity contribution in [1.82, 2.24) is 0 Å². The van der Waals surface area contributed by atoms with Gasteiger partial charge in [-0.15, -0.1) is 6.42 Å². The number of phenols is 1. The summed E-state index contributed by atoms with van der Waals surface area (Å²) in [5, 5.41) is 10.3. The van der Waals surface area contributed by atoms with Gasteiger partial charge in [-0.2, -0.15) is 0 Å². The maximum absolute atomic E-state index is 10.3. The van der Waals surface area contributed by atoms with Gasteiger partial charge in [0.05, 0.1) is 5.56 Å². The second-order valence-electron chi connectivity index (χ2n) is 5.29. The average molecular weight is 244 g/mol. The third kappa shape index (κ3) is 1.45. The molecule has 3 heteroatoms. The van der Waals surface area contributed by atoms with Crippen LogP contribution in [0.25, 0.3) is 0 Å². The summed E-state index contributed by atoms with van der Waals surface area (Å²) < 4.78 is 11.4. The van der Waals surface area contributed by atoms with Crippen molar-refractivity contribution in [3.8, 4) is 29.6 Å². The number of rotatable bonds is 0. The molecule has 18 heavy (non-hydrogen) atoms. The van der Waals surface area contributed by atoms with E-state index in [2.05, 4.69) is 5.92 Å². The second-order valence-corrected chi connectivity index (χ2v) is 5.29. The van der Waals surface area contributed by atoms with Crippen LogP contribution < -0.4 is 9.47 Å². The predicted octanol–water partition coefficient (Wildman–Crippen LogP) is 2.76. The predicted molar refractivity (Wildman–Crippen MR) is 68.0 cm³/mol. The summed E-state index contributed by atoms with van der Waals surface area (Å²) in [6.07, 6.45) is 9.55. The molecule has 3 nitrogen and oxygen atoms in total. The molecule has 94 valence electrons. The van der Waals surface area contributed by atoms with Gasteiger partial charge in [0.25, 0.3) is 0 Å². The van der Waals surface area contributed by atoms with Crippen LogP contribution in [0.3, 0.4) is 0 Å². The standard InChI is InChI=1S/C15H16O3/c1-4-9-10-7-5-6-8-11(10)12(16)14-13(9)17-15(2,3)18-14/h1,16H,5-8H2,2-3H3. The van der Waals surface area contributed by atoms with E-state index in [-0.39, 0.29) is 5.75 Å². The SMILES string of the molecule is C#Cc1c2c(c(O)c3c1OC(C)(C)O3)CCCC2. The summed E-state index contributed by atoms with van der Waals surface area (Å²) in [7, 11) is 0. The molecule has 0 bridgehead atoms. The van der Waals surface area contributed by atoms with Gasteiger partial charge in [0.15, 0.2) is 11.5 Å². The molecule has 3 rings (SSSR count). The quantitative estimate of drug-likeness (QED) is 0.713. The molecule has 2 aliphatic rings. The van der Waals surface area contributed by atoms with E-state index in [9.17, 15) is 5.11 Å². The van der Waals surface area contributed by atoms with E-state index in [0.717, 1.165) is 42.4 Å². The van der Waals surface area contributed by atoms with Crippen LogP contribution in [0.1, 0.15) is 43.4 Å². The number of benzene rings is 1. The van der Waals surface area contributed by atoms with Crippen LogP contribution in [-0.4, -0.2) is 10.9 Å². The first-order valence-corrected chi connectivity index (χ1v) is 6.29. The smallest absolute Gasteiger partial charge is 0.246 e. The number of aromatic hydroxyl groups is 1. The molecule has 0 spiro atoms. The highest BCUT2D eigenvalue weighted by atomic mass is 16.7. The zero-order chi connectivity index (χ0) is 12.9. The average Bonchev–Trinajstić information content (AvgIpc) is 2.66. The number of phenolic OH excluding ortho intramolecular Hbond substituents is 1. The van der Waals surface area contributed by atoms with Crippen LogP contribution in [0.4, 0.5) is 0 Å². The first-order chi connectivity index (χ1) is 8.53. The Morgan fingerprint density at radius 1 is 1.11 bits per heavy atom. The summed E-state index contributed by atoms with van der Waals surface area (Å²) in [6.45, 7) is 3.62. The van der Waals surface area contributed by atoms with E-state index >= 15 is 0 Å². The molecule has 0 unspecified atom stereocenters. The van der Waals surface area contributed by atoms with Crippen molar-refractivity contribution >= 4 is 0 Å². The fourth-order valence-corrected chi connectivity index (χ4v) is 2.79. The van der Waals surface area contributed by atoms with Crippen LogP contribution in [0.2, 0.25) is 0 Å². The van der Waals surface area contributed by atoms with Gasteiger partial charge in [-0.05, 0) is 31.2 Å². The molecule has 1 aliphatic carbocycles. The Labute approximate surface area is 107 Å². The highest BCUT2D eigenvalue weighted by Gasteiger charge is 2.38. The molecule has 1 N–H and O–H groups in total. The Bertz CT molecular complexity index is 564. The highest BCUT2D eigenvalue weighted by Crippen LogP contribution is 2.52. The normalized spacial score (nSPS) is 19.2. The Balaban J connectivity index is 2.28. The first-order valence-electron chi connectivity index (χ1n) is 6.29. The third-order valence-electron chi connectivity index (χ3n) is 3.54. The van der Waals surface area contributed by atoms with E-state index in [0.29, 0.717) is 11.5 Å². The highest BCUT2D eigenvalue weighted by molar-refractivity contribution is 5.69. The monoisotopic (exact) mass is 244 g/mol. The molecule has 0 amide bonds. The molecule has 0 saturated carbocycles. The van der Waals surface area contributed by atoms with Crippen LogP contribution in [0, 0.1) is 12.3 Å². The Kier molecular flexibility index (Phi) is 2.25. The molecular formula is C15H16O3. The van der Waals surface area contributed by atoms with Gasteiger partial charge in [0.1, 0.15) is 0 Å². The minimum atomic E-state index is -0.768. The van der Waals surface area contributed by atoms with E-state index in [4.69, 9.17) is 15.9 Å². The Morgan fingerprint density at radius 2 is 1.72 bits per heavy atom. The minimum Gasteiger partial charge on any atom is -0.504 e. The molecule has 1 aromatic carbocycles. The lowest BCUT2D eigenvalue weighted by Gasteiger charge is -2.20. The van der Waals surface area contributed by atoms with Gasteiger partial charge < -0.3 is 14.6 Å². The number of hydrogen-bond donors (Lipinski definition) is 1. The van der Waals surface area contributed by atoms with Crippen molar-refractivity contribution in [1.29, 1.82) is 0 Å². The largest absolute Gasteiger partial charge is 0.504 e. The molecule has 0 aromatic heterocycles. The molecule has 0 atom stereocenters. The lowest BCUT2D eigenvalue weighted by atomic mass is 9.87. The third-order valence-corrected chi connectivity index (χ3v) is 3.54. The summed E-state index contributed by atoms with van der Waals surface area (Å²) in [6, 6.07) is 0. The molecule has 1 aromatic rings. The first kappa shape index (κ1) is 11.3. The van der Waals surface area contributed by atoms with Crippen molar-refractivity contribution in [3.05, 3.63) is 16.7 Å². The number of terminal acetylenes is 1. The van der Waals surface area contributed by atoms with Crippen molar-refractivity contribution in [2.75, 3.05) is 0 Å². The Morgan fingerprint density at radius 3 is 2.39 bits per heavy atom. The van der Waals surface area contributed by atoms with Crippen LogP contribution in [0.5, 0.6) is 17.2 Å². The molecule has 1 heterocycles. The number of fused-ring (bicyclic) bond motifs is 2. The van der Waals surface area contributed by atoms with Crippen LogP contribution >= 0.6 is 0 Å². The van der Waals surface area contributed by atoms with E-state index in [1.807, 2.05) is 13.8 Å². The maximum atomic E-state index is 10.3. The fraction of sp³-hybridized carbons (Fsp3) is 0.467. The summed E-state index contributed by atoms with van der Waals surface area (Å²) in [5.41, 5.74) is 2.75. The molecule has 1 aliphatic heterocycles. The van der Waals surface area contributed by atoms with Crippen molar-refractivity contribution in [2.24, 2.45) is 0 Å². The van der Waals surface area contributed by atoms with E-state index < -0.39 is 5.79 Å². The van der Waals surface area contributed by atoms with Crippen molar-refractivity contribution in [3.63, 3.8) is 0 Å². The number of ether oxygens (including phenoxy) is 2. The van der Waals surface area contributed by atoms with Gasteiger partial charge in [0, 0.05) is 19.4 Å². The zero-order valence-electron chi connectivity index (χ0n) is 10.7. The van der Waals surface area contributed by atoms with Crippen molar-refractivity contribution in [2.45, 2.75) is 45.3 Å². The Hall–Kier alpha value is -1.82. The van der Waals surface area contributed by atoms with Gasteiger partial charge in [-0.25, -0.2) is 0 Å². The van der Waals surface area contributed by atoms with Gasteiger partial charge in [-0.3, -0.25) is 0 Å². The minimum absolute atomic E-state index is 0.212. The number of hydrogen-bond acceptors (Lipinski definition) is 3. The van der Waals surface area contributed by atoms with Crippen LogP contribution in [-0.2, 0) is 12.8 Å².